The molecular formula is C28H19Cl2N7O2. The van der Waals surface area contributed by atoms with Crippen molar-refractivity contribution in [2.45, 2.75) is 31.7 Å². The smallest absolute Gasteiger partial charge is 0.254 e. The first-order chi connectivity index (χ1) is 18.9. The third-order valence-electron chi connectivity index (χ3n) is 7.90. The molecule has 1 saturated carbocycles. The van der Waals surface area contributed by atoms with Crippen LogP contribution < -0.4 is 5.56 Å². The molecule has 3 atom stereocenters. The SMILES string of the molecule is Cc1noc2cc(C3=NC=C(C4C5CC5c5nc(-c6cc(Cl)ccc6-n6cc(Cl)nn6)cc(=O)n54)C3)ccc12. The molecule has 9 nitrogen and oxygen atoms in total. The van der Waals surface area contributed by atoms with Crippen LogP contribution in [0.2, 0.25) is 10.2 Å². The molecule has 1 fully saturated rings. The lowest BCUT2D eigenvalue weighted by molar-refractivity contribution is 0.450. The molecule has 3 aromatic heterocycles. The van der Waals surface area contributed by atoms with Crippen molar-refractivity contribution < 1.29 is 4.52 Å². The largest absolute Gasteiger partial charge is 0.356 e. The van der Waals surface area contributed by atoms with Gasteiger partial charge in [-0.1, -0.05) is 39.6 Å². The van der Waals surface area contributed by atoms with Crippen molar-refractivity contribution in [3.05, 3.63) is 98.0 Å². The van der Waals surface area contributed by atoms with Crippen LogP contribution in [0.25, 0.3) is 27.9 Å². The van der Waals surface area contributed by atoms with E-state index in [1.165, 1.54) is 0 Å². The summed E-state index contributed by atoms with van der Waals surface area (Å²) in [7, 11) is 0. The zero-order valence-corrected chi connectivity index (χ0v) is 22.1. The van der Waals surface area contributed by atoms with Crippen LogP contribution in [0.15, 0.2) is 74.7 Å². The van der Waals surface area contributed by atoms with Crippen LogP contribution in [0.1, 0.15) is 41.9 Å². The van der Waals surface area contributed by atoms with Gasteiger partial charge in [0.1, 0.15) is 5.82 Å². The van der Waals surface area contributed by atoms with Crippen molar-refractivity contribution in [2.24, 2.45) is 10.9 Å². The summed E-state index contributed by atoms with van der Waals surface area (Å²) in [4.78, 5) is 23.4. The van der Waals surface area contributed by atoms with Gasteiger partial charge < -0.3 is 4.52 Å². The third-order valence-corrected chi connectivity index (χ3v) is 8.31. The minimum absolute atomic E-state index is 0.0514. The fourth-order valence-corrected chi connectivity index (χ4v) is 6.30. The van der Waals surface area contributed by atoms with E-state index in [4.69, 9.17) is 37.7 Å². The Hall–Kier alpha value is -4.08. The van der Waals surface area contributed by atoms with E-state index in [1.54, 1.807) is 29.1 Å². The average Bonchev–Trinajstić information content (AvgIpc) is 3.28. The first-order valence-electron chi connectivity index (χ1n) is 12.6. The van der Waals surface area contributed by atoms with Crippen molar-refractivity contribution in [1.29, 1.82) is 0 Å². The summed E-state index contributed by atoms with van der Waals surface area (Å²) in [6.07, 6.45) is 5.19. The van der Waals surface area contributed by atoms with Crippen LogP contribution in [0.4, 0.5) is 0 Å². The van der Waals surface area contributed by atoms with E-state index in [-0.39, 0.29) is 22.7 Å². The standard InChI is InChI=1S/C28H19Cl2N7O2/c1-13-17-4-2-14(7-24(17)39-34-13)21-6-15(11-31-21)27-18-9-19(18)28-32-22(10-26(38)37(27)28)20-8-16(29)3-5-23(20)36-12-25(30)33-35-36/h2-5,7-8,10-12,18-19,27H,6,9H2,1H3. The van der Waals surface area contributed by atoms with Crippen LogP contribution in [0.3, 0.4) is 0 Å². The van der Waals surface area contributed by atoms with Crippen molar-refractivity contribution in [1.82, 2.24) is 29.7 Å². The lowest BCUT2D eigenvalue weighted by Crippen LogP contribution is -2.27. The van der Waals surface area contributed by atoms with Gasteiger partial charge in [0.15, 0.2) is 10.7 Å². The Kier molecular flexibility index (Phi) is 4.81. The number of nitrogens with zero attached hydrogens (tertiary/aromatic N) is 7. The van der Waals surface area contributed by atoms with Gasteiger partial charge in [-0.3, -0.25) is 14.4 Å². The minimum atomic E-state index is -0.0948. The summed E-state index contributed by atoms with van der Waals surface area (Å²) < 4.78 is 8.87. The molecule has 0 amide bonds. The molecule has 0 saturated heterocycles. The second kappa shape index (κ2) is 8.21. The number of hydrogen-bond donors (Lipinski definition) is 0. The number of fused-ring (bicyclic) bond motifs is 4. The highest BCUT2D eigenvalue weighted by Crippen LogP contribution is 2.61. The van der Waals surface area contributed by atoms with Gasteiger partial charge in [0.2, 0.25) is 0 Å². The van der Waals surface area contributed by atoms with Crippen molar-refractivity contribution >= 4 is 39.9 Å². The molecule has 1 aliphatic carbocycles. The van der Waals surface area contributed by atoms with Gasteiger partial charge in [0, 0.05) is 46.1 Å². The van der Waals surface area contributed by atoms with Crippen molar-refractivity contribution in [3.8, 4) is 16.9 Å². The Bertz CT molecular complexity index is 1970. The summed E-state index contributed by atoms with van der Waals surface area (Å²) in [6.45, 7) is 1.93. The molecular weight excluding hydrogens is 537 g/mol. The predicted octanol–water partition coefficient (Wildman–Crippen LogP) is 5.68. The van der Waals surface area contributed by atoms with Gasteiger partial charge in [-0.15, -0.1) is 5.10 Å². The highest BCUT2D eigenvalue weighted by atomic mass is 35.5. The first-order valence-corrected chi connectivity index (χ1v) is 13.3. The van der Waals surface area contributed by atoms with Gasteiger partial charge in [0.05, 0.1) is 35.0 Å². The number of rotatable bonds is 4. The van der Waals surface area contributed by atoms with E-state index < -0.39 is 0 Å². The zero-order chi connectivity index (χ0) is 26.4. The van der Waals surface area contributed by atoms with Crippen molar-refractivity contribution in [2.75, 3.05) is 0 Å². The number of aryl methyl sites for hydroxylation is 1. The molecule has 192 valence electrons. The fraction of sp³-hybridized carbons (Fsp3) is 0.214. The van der Waals surface area contributed by atoms with E-state index >= 15 is 0 Å². The van der Waals surface area contributed by atoms with E-state index in [0.29, 0.717) is 34.3 Å². The Balaban J connectivity index is 1.14. The number of benzene rings is 2. The molecule has 5 heterocycles. The van der Waals surface area contributed by atoms with Gasteiger partial charge in [-0.05, 0) is 55.2 Å². The van der Waals surface area contributed by atoms with Crippen LogP contribution in [0, 0.1) is 12.8 Å². The Morgan fingerprint density at radius 1 is 1.10 bits per heavy atom. The molecule has 11 heteroatoms. The average molecular weight is 556 g/mol. The van der Waals surface area contributed by atoms with Crippen LogP contribution >= 0.6 is 23.2 Å². The maximum Gasteiger partial charge on any atom is 0.254 e. The van der Waals surface area contributed by atoms with E-state index in [1.807, 2.05) is 35.9 Å². The van der Waals surface area contributed by atoms with Gasteiger partial charge in [0.25, 0.3) is 5.56 Å². The van der Waals surface area contributed by atoms with Gasteiger partial charge in [-0.2, -0.15) is 0 Å². The predicted molar refractivity (Wildman–Crippen MR) is 147 cm³/mol. The molecule has 0 spiro atoms. The molecule has 3 unspecified atom stereocenters. The number of halogens is 2. The topological polar surface area (TPSA) is 104 Å². The monoisotopic (exact) mass is 555 g/mol. The van der Waals surface area contributed by atoms with E-state index in [9.17, 15) is 4.79 Å². The van der Waals surface area contributed by atoms with Gasteiger partial charge >= 0.3 is 0 Å². The number of aromatic nitrogens is 6. The molecule has 0 N–H and O–H groups in total. The van der Waals surface area contributed by atoms with Crippen LogP contribution in [-0.4, -0.2) is 35.4 Å². The van der Waals surface area contributed by atoms with E-state index in [0.717, 1.165) is 45.8 Å². The Morgan fingerprint density at radius 2 is 2.00 bits per heavy atom. The van der Waals surface area contributed by atoms with Gasteiger partial charge in [-0.25, -0.2) is 9.67 Å². The molecule has 2 aliphatic heterocycles. The Morgan fingerprint density at radius 3 is 2.85 bits per heavy atom. The fourth-order valence-electron chi connectivity index (χ4n) is 6.00. The molecule has 2 aromatic carbocycles. The highest BCUT2D eigenvalue weighted by molar-refractivity contribution is 6.31. The van der Waals surface area contributed by atoms with Crippen LogP contribution in [0.5, 0.6) is 0 Å². The molecule has 0 radical (unpaired) electrons. The normalized spacial score (nSPS) is 21.2. The number of hydrogen-bond acceptors (Lipinski definition) is 7. The summed E-state index contributed by atoms with van der Waals surface area (Å²) in [5, 5.41) is 13.8. The van der Waals surface area contributed by atoms with E-state index in [2.05, 4.69) is 21.5 Å². The summed E-state index contributed by atoms with van der Waals surface area (Å²) >= 11 is 12.4. The molecule has 3 aliphatic rings. The number of aliphatic imine (C=N–C) groups is 1. The molecule has 39 heavy (non-hydrogen) atoms. The minimum Gasteiger partial charge on any atom is -0.356 e. The lowest BCUT2D eigenvalue weighted by Gasteiger charge is -2.20. The number of allylic oxidation sites excluding steroid dienone is 1. The first kappa shape index (κ1) is 22.9. The second-order valence-electron chi connectivity index (χ2n) is 10.2. The summed E-state index contributed by atoms with van der Waals surface area (Å²) in [5.41, 5.74) is 6.53. The summed E-state index contributed by atoms with van der Waals surface area (Å²) in [6, 6.07) is 12.9. The maximum absolute atomic E-state index is 13.6. The molecule has 8 rings (SSSR count). The highest BCUT2D eigenvalue weighted by Gasteiger charge is 2.55. The third kappa shape index (κ3) is 3.53. The molecule has 0 bridgehead atoms. The summed E-state index contributed by atoms with van der Waals surface area (Å²) in [5.74, 6) is 1.39. The second-order valence-corrected chi connectivity index (χ2v) is 11.1. The van der Waals surface area contributed by atoms with Crippen molar-refractivity contribution in [3.63, 3.8) is 0 Å². The Labute approximate surface area is 231 Å². The van der Waals surface area contributed by atoms with Crippen LogP contribution in [-0.2, 0) is 0 Å². The quantitative estimate of drug-likeness (QED) is 0.282. The zero-order valence-electron chi connectivity index (χ0n) is 20.5. The maximum atomic E-state index is 13.6. The lowest BCUT2D eigenvalue weighted by atomic mass is 9.97. The molecule has 5 aromatic rings.